The van der Waals surface area contributed by atoms with Crippen LogP contribution in [0.15, 0.2) is 118 Å². The van der Waals surface area contributed by atoms with Gasteiger partial charge >= 0.3 is 6.18 Å². The van der Waals surface area contributed by atoms with E-state index in [0.717, 1.165) is 17.0 Å². The van der Waals surface area contributed by atoms with Crippen LogP contribution in [-0.2, 0) is 21.0 Å². The van der Waals surface area contributed by atoms with Crippen LogP contribution < -0.4 is 9.62 Å². The molecule has 0 unspecified atom stereocenters. The van der Waals surface area contributed by atoms with Gasteiger partial charge in [0.05, 0.1) is 26.9 Å². The van der Waals surface area contributed by atoms with Crippen LogP contribution in [0.1, 0.15) is 5.56 Å². The van der Waals surface area contributed by atoms with Crippen molar-refractivity contribution in [2.75, 3.05) is 16.2 Å². The fraction of sp³-hybridized carbons (Fsp3) is 0.0741. The molecule has 0 spiro atoms. The number of hydrogen-bond acceptors (Lipinski definition) is 4. The first-order valence-electron chi connectivity index (χ1n) is 11.1. The van der Waals surface area contributed by atoms with Crippen LogP contribution >= 0.6 is 23.4 Å². The molecule has 4 aromatic carbocycles. The van der Waals surface area contributed by atoms with Crippen molar-refractivity contribution < 1.29 is 26.4 Å². The van der Waals surface area contributed by atoms with Gasteiger partial charge in [0.25, 0.3) is 10.0 Å². The standard InChI is InChI=1S/C27H20ClF3N2O3S2/c28-22-16-15-19(27(29,30)31)17-24(22)33(38(35,36)21-11-5-2-6-12-21)18-26(34)32-23-13-7-8-14-25(23)37-20-9-3-1-4-10-20/h1-17H,18H2,(H,32,34). The van der Waals surface area contributed by atoms with E-state index in [4.69, 9.17) is 11.6 Å². The van der Waals surface area contributed by atoms with Crippen LogP contribution in [0, 0.1) is 0 Å². The Labute approximate surface area is 227 Å². The molecule has 0 saturated carbocycles. The molecule has 4 rings (SSSR count). The van der Waals surface area contributed by atoms with E-state index in [2.05, 4.69) is 5.32 Å². The molecule has 0 bridgehead atoms. The number of nitrogens with zero attached hydrogens (tertiary/aromatic N) is 1. The Kier molecular flexibility index (Phi) is 8.35. The van der Waals surface area contributed by atoms with Gasteiger partial charge in [0, 0.05) is 9.79 Å². The highest BCUT2D eigenvalue weighted by molar-refractivity contribution is 7.99. The molecule has 0 atom stereocenters. The maximum Gasteiger partial charge on any atom is 0.416 e. The van der Waals surface area contributed by atoms with Gasteiger partial charge < -0.3 is 5.32 Å². The van der Waals surface area contributed by atoms with Gasteiger partial charge in [0.2, 0.25) is 5.91 Å². The number of alkyl halides is 3. The number of carbonyl (C=O) groups excluding carboxylic acids is 1. The Hall–Kier alpha value is -3.47. The first-order valence-corrected chi connectivity index (χ1v) is 13.8. The summed E-state index contributed by atoms with van der Waals surface area (Å²) in [5, 5.41) is 2.43. The van der Waals surface area contributed by atoms with Crippen LogP contribution in [0.4, 0.5) is 24.5 Å². The summed E-state index contributed by atoms with van der Waals surface area (Å²) in [6, 6.07) is 25.8. The molecule has 5 nitrogen and oxygen atoms in total. The molecule has 0 saturated heterocycles. The average Bonchev–Trinajstić information content (AvgIpc) is 2.89. The third-order valence-corrected chi connectivity index (χ3v) is 8.47. The predicted octanol–water partition coefficient (Wildman–Crippen LogP) is 7.34. The van der Waals surface area contributed by atoms with Crippen molar-refractivity contribution in [3.8, 4) is 0 Å². The molecule has 0 aliphatic heterocycles. The molecule has 0 radical (unpaired) electrons. The fourth-order valence-corrected chi connectivity index (χ4v) is 6.14. The van der Waals surface area contributed by atoms with E-state index in [0.29, 0.717) is 21.0 Å². The second-order valence-electron chi connectivity index (χ2n) is 7.95. The zero-order valence-corrected chi connectivity index (χ0v) is 21.9. The highest BCUT2D eigenvalue weighted by Crippen LogP contribution is 2.38. The Bertz CT molecular complexity index is 1530. The van der Waals surface area contributed by atoms with Gasteiger partial charge in [-0.15, -0.1) is 0 Å². The number of amides is 1. The number of hydrogen-bond donors (Lipinski definition) is 1. The molecule has 0 aliphatic carbocycles. The minimum Gasteiger partial charge on any atom is -0.323 e. The van der Waals surface area contributed by atoms with E-state index in [1.807, 2.05) is 30.3 Å². The summed E-state index contributed by atoms with van der Waals surface area (Å²) in [6.07, 6.45) is -4.75. The number of rotatable bonds is 8. The lowest BCUT2D eigenvalue weighted by atomic mass is 10.2. The smallest absolute Gasteiger partial charge is 0.323 e. The summed E-state index contributed by atoms with van der Waals surface area (Å²) >= 11 is 7.57. The molecule has 1 N–H and O–H groups in total. The van der Waals surface area contributed by atoms with Crippen molar-refractivity contribution in [2.24, 2.45) is 0 Å². The highest BCUT2D eigenvalue weighted by Gasteiger charge is 2.34. The summed E-state index contributed by atoms with van der Waals surface area (Å²) in [6.45, 7) is -0.817. The molecule has 0 fully saturated rings. The van der Waals surface area contributed by atoms with Crippen molar-refractivity contribution in [2.45, 2.75) is 20.9 Å². The summed E-state index contributed by atoms with van der Waals surface area (Å²) < 4.78 is 68.1. The van der Waals surface area contributed by atoms with Gasteiger partial charge in [0.15, 0.2) is 0 Å². The molecule has 38 heavy (non-hydrogen) atoms. The molecule has 0 heterocycles. The van der Waals surface area contributed by atoms with E-state index in [1.54, 1.807) is 30.3 Å². The van der Waals surface area contributed by atoms with Crippen molar-refractivity contribution in [1.29, 1.82) is 0 Å². The van der Waals surface area contributed by atoms with Crippen LogP contribution in [0.25, 0.3) is 0 Å². The van der Waals surface area contributed by atoms with Gasteiger partial charge in [-0.1, -0.05) is 71.9 Å². The van der Waals surface area contributed by atoms with E-state index in [9.17, 15) is 26.4 Å². The SMILES string of the molecule is O=C(CN(c1cc(C(F)(F)F)ccc1Cl)S(=O)(=O)c1ccccc1)Nc1ccccc1Sc1ccccc1. The largest absolute Gasteiger partial charge is 0.416 e. The predicted molar refractivity (Wildman–Crippen MR) is 143 cm³/mol. The maximum absolute atomic E-state index is 13.5. The van der Waals surface area contributed by atoms with E-state index < -0.39 is 39.9 Å². The molecular weight excluding hydrogens is 557 g/mol. The topological polar surface area (TPSA) is 66.5 Å². The van der Waals surface area contributed by atoms with Crippen LogP contribution in [0.5, 0.6) is 0 Å². The summed E-state index contributed by atoms with van der Waals surface area (Å²) in [7, 11) is -4.47. The Morgan fingerprint density at radius 1 is 0.868 bits per heavy atom. The van der Waals surface area contributed by atoms with Crippen LogP contribution in [0.3, 0.4) is 0 Å². The van der Waals surface area contributed by atoms with Gasteiger partial charge in [-0.05, 0) is 54.6 Å². The zero-order chi connectivity index (χ0) is 27.3. The first kappa shape index (κ1) is 27.6. The lowest BCUT2D eigenvalue weighted by molar-refractivity contribution is -0.137. The molecule has 0 aromatic heterocycles. The summed E-state index contributed by atoms with van der Waals surface area (Å²) in [4.78, 5) is 14.6. The van der Waals surface area contributed by atoms with Gasteiger partial charge in [-0.25, -0.2) is 8.42 Å². The summed E-state index contributed by atoms with van der Waals surface area (Å²) in [5.74, 6) is -0.765. The number of nitrogens with one attached hydrogen (secondary N) is 1. The van der Waals surface area contributed by atoms with Crippen molar-refractivity contribution in [3.05, 3.63) is 114 Å². The summed E-state index contributed by atoms with van der Waals surface area (Å²) in [5.41, 5.74) is -1.15. The number of anilines is 2. The molecule has 1 amide bonds. The molecule has 196 valence electrons. The molecule has 4 aromatic rings. The van der Waals surface area contributed by atoms with Crippen LogP contribution in [-0.4, -0.2) is 20.9 Å². The average molecular weight is 577 g/mol. The third kappa shape index (κ3) is 6.50. The zero-order valence-electron chi connectivity index (χ0n) is 19.5. The van der Waals surface area contributed by atoms with E-state index in [1.165, 1.54) is 36.0 Å². The second kappa shape index (κ2) is 11.5. The third-order valence-electron chi connectivity index (χ3n) is 5.29. The minimum absolute atomic E-state index is 0.207. The maximum atomic E-state index is 13.5. The number of halogens is 4. The monoisotopic (exact) mass is 576 g/mol. The normalized spacial score (nSPS) is 11.7. The first-order chi connectivity index (χ1) is 18.1. The van der Waals surface area contributed by atoms with Crippen molar-refractivity contribution in [1.82, 2.24) is 0 Å². The number of carbonyl (C=O) groups is 1. The van der Waals surface area contributed by atoms with Gasteiger partial charge in [-0.3, -0.25) is 9.10 Å². The lowest BCUT2D eigenvalue weighted by Crippen LogP contribution is -2.38. The molecular formula is C27H20ClF3N2O3S2. The molecule has 11 heteroatoms. The van der Waals surface area contributed by atoms with Crippen LogP contribution in [0.2, 0.25) is 5.02 Å². The Balaban J connectivity index is 1.69. The Morgan fingerprint density at radius 3 is 2.13 bits per heavy atom. The van der Waals surface area contributed by atoms with Gasteiger partial charge in [0.1, 0.15) is 6.54 Å². The van der Waals surface area contributed by atoms with E-state index in [-0.39, 0.29) is 9.92 Å². The number of sulfonamides is 1. The lowest BCUT2D eigenvalue weighted by Gasteiger charge is -2.26. The Morgan fingerprint density at radius 2 is 1.47 bits per heavy atom. The van der Waals surface area contributed by atoms with Gasteiger partial charge in [-0.2, -0.15) is 13.2 Å². The molecule has 0 aliphatic rings. The quantitative estimate of drug-likeness (QED) is 0.238. The second-order valence-corrected chi connectivity index (χ2v) is 11.3. The fourth-order valence-electron chi connectivity index (χ4n) is 3.49. The number of benzene rings is 4. The van der Waals surface area contributed by atoms with E-state index >= 15 is 0 Å². The van der Waals surface area contributed by atoms with Crippen molar-refractivity contribution >= 4 is 50.7 Å². The highest BCUT2D eigenvalue weighted by atomic mass is 35.5. The minimum atomic E-state index is -4.75. The number of para-hydroxylation sites is 1. The van der Waals surface area contributed by atoms with Crippen molar-refractivity contribution in [3.63, 3.8) is 0 Å².